The van der Waals surface area contributed by atoms with Gasteiger partial charge in [-0.1, -0.05) is 0 Å². The van der Waals surface area contributed by atoms with Crippen molar-refractivity contribution < 1.29 is 14.3 Å². The molecular weight excluding hydrogens is 204 g/mol. The highest BCUT2D eigenvalue weighted by molar-refractivity contribution is 5.83. The van der Waals surface area contributed by atoms with Crippen molar-refractivity contribution in [2.24, 2.45) is 0 Å². The summed E-state index contributed by atoms with van der Waals surface area (Å²) < 4.78 is 11.5. The van der Waals surface area contributed by atoms with Crippen LogP contribution in [0.3, 0.4) is 0 Å². The fourth-order valence-corrected chi connectivity index (χ4v) is 2.05. The lowest BCUT2D eigenvalue weighted by atomic mass is 9.97. The van der Waals surface area contributed by atoms with Gasteiger partial charge in [0, 0.05) is 25.0 Å². The normalized spacial score (nSPS) is 16.3. The lowest BCUT2D eigenvalue weighted by Gasteiger charge is -2.16. The van der Waals surface area contributed by atoms with Crippen LogP contribution in [0.2, 0.25) is 0 Å². The van der Waals surface area contributed by atoms with Gasteiger partial charge in [-0.25, -0.2) is 0 Å². The van der Waals surface area contributed by atoms with Gasteiger partial charge in [0.25, 0.3) is 0 Å². The minimum absolute atomic E-state index is 0.647. The number of benzene rings is 1. The molecule has 1 heterocycles. The van der Waals surface area contributed by atoms with Gasteiger partial charge in [0.2, 0.25) is 5.79 Å². The molecule has 0 N–H and O–H groups in total. The minimum Gasteiger partial charge on any atom is -0.449 e. The average molecular weight is 220 g/mol. The Morgan fingerprint density at radius 2 is 1.44 bits per heavy atom. The van der Waals surface area contributed by atoms with E-state index in [1.54, 1.807) is 0 Å². The van der Waals surface area contributed by atoms with E-state index in [-0.39, 0.29) is 0 Å². The van der Waals surface area contributed by atoms with Gasteiger partial charge < -0.3 is 9.47 Å². The van der Waals surface area contributed by atoms with E-state index in [1.165, 1.54) is 0 Å². The van der Waals surface area contributed by atoms with Gasteiger partial charge in [0.1, 0.15) is 0 Å². The number of carbonyl (C=O) groups excluding carboxylic acids is 1. The number of hydrogen-bond acceptors (Lipinski definition) is 3. The van der Waals surface area contributed by atoms with Crippen molar-refractivity contribution in [3.8, 4) is 11.5 Å². The van der Waals surface area contributed by atoms with E-state index < -0.39 is 5.79 Å². The third kappa shape index (κ3) is 1.39. The molecule has 1 aromatic rings. The number of rotatable bonds is 1. The van der Waals surface area contributed by atoms with Gasteiger partial charge in [-0.15, -0.1) is 0 Å². The Bertz CT molecular complexity index is 473. The highest BCUT2D eigenvalue weighted by atomic mass is 16.7. The summed E-state index contributed by atoms with van der Waals surface area (Å²) in [5, 5.41) is 0. The number of aldehydes is 1. The second-order valence-electron chi connectivity index (χ2n) is 4.67. The van der Waals surface area contributed by atoms with Crippen LogP contribution in [0.1, 0.15) is 40.9 Å². The van der Waals surface area contributed by atoms with Gasteiger partial charge in [0.15, 0.2) is 17.8 Å². The van der Waals surface area contributed by atoms with Crippen LogP contribution in [0, 0.1) is 20.8 Å². The van der Waals surface area contributed by atoms with Crippen molar-refractivity contribution in [1.29, 1.82) is 0 Å². The Hall–Kier alpha value is -1.51. The van der Waals surface area contributed by atoms with Crippen LogP contribution in [0.5, 0.6) is 11.5 Å². The highest BCUT2D eigenvalue weighted by Crippen LogP contribution is 2.46. The lowest BCUT2D eigenvalue weighted by molar-refractivity contribution is -0.0436. The van der Waals surface area contributed by atoms with Gasteiger partial charge in [0.05, 0.1) is 0 Å². The molecule has 3 heteroatoms. The van der Waals surface area contributed by atoms with Crippen molar-refractivity contribution in [3.63, 3.8) is 0 Å². The number of carbonyl (C=O) groups is 1. The summed E-state index contributed by atoms with van der Waals surface area (Å²) >= 11 is 0. The van der Waals surface area contributed by atoms with E-state index in [0.29, 0.717) is 11.3 Å². The maximum absolute atomic E-state index is 11.1. The molecule has 0 atom stereocenters. The molecule has 1 aliphatic rings. The molecule has 86 valence electrons. The van der Waals surface area contributed by atoms with Crippen LogP contribution in [0.4, 0.5) is 0 Å². The Labute approximate surface area is 95.4 Å². The molecule has 0 saturated carbocycles. The quantitative estimate of drug-likeness (QED) is 0.682. The van der Waals surface area contributed by atoms with Crippen LogP contribution < -0.4 is 9.47 Å². The third-order valence-electron chi connectivity index (χ3n) is 3.07. The van der Waals surface area contributed by atoms with Crippen molar-refractivity contribution in [2.45, 2.75) is 40.4 Å². The zero-order chi connectivity index (χ0) is 12.1. The molecule has 0 aromatic heterocycles. The van der Waals surface area contributed by atoms with E-state index in [0.717, 1.165) is 28.7 Å². The van der Waals surface area contributed by atoms with Crippen molar-refractivity contribution in [2.75, 3.05) is 0 Å². The zero-order valence-corrected chi connectivity index (χ0v) is 10.3. The van der Waals surface area contributed by atoms with Crippen molar-refractivity contribution in [3.05, 3.63) is 22.3 Å². The summed E-state index contributed by atoms with van der Waals surface area (Å²) in [5.74, 6) is 0.826. The maximum atomic E-state index is 11.1. The summed E-state index contributed by atoms with van der Waals surface area (Å²) in [6, 6.07) is 0. The molecule has 0 amide bonds. The SMILES string of the molecule is Cc1c(C)c2c(c(C)c1C=O)OC(C)(C)O2. The lowest BCUT2D eigenvalue weighted by Crippen LogP contribution is -2.30. The Morgan fingerprint density at radius 1 is 0.938 bits per heavy atom. The van der Waals surface area contributed by atoms with Crippen LogP contribution in [-0.2, 0) is 0 Å². The van der Waals surface area contributed by atoms with Gasteiger partial charge in [-0.2, -0.15) is 0 Å². The molecule has 0 saturated heterocycles. The largest absolute Gasteiger partial charge is 0.449 e. The zero-order valence-electron chi connectivity index (χ0n) is 10.3. The first-order chi connectivity index (χ1) is 7.37. The van der Waals surface area contributed by atoms with Gasteiger partial charge >= 0.3 is 0 Å². The summed E-state index contributed by atoms with van der Waals surface area (Å²) in [6.07, 6.45) is 0.882. The molecule has 0 spiro atoms. The van der Waals surface area contributed by atoms with Gasteiger partial charge in [-0.05, 0) is 31.9 Å². The highest BCUT2D eigenvalue weighted by Gasteiger charge is 2.35. The maximum Gasteiger partial charge on any atom is 0.246 e. The molecule has 0 radical (unpaired) electrons. The topological polar surface area (TPSA) is 35.5 Å². The second-order valence-corrected chi connectivity index (χ2v) is 4.67. The predicted molar refractivity (Wildman–Crippen MR) is 61.4 cm³/mol. The molecule has 1 aromatic carbocycles. The van der Waals surface area contributed by atoms with E-state index in [1.807, 2.05) is 34.6 Å². The van der Waals surface area contributed by atoms with E-state index in [9.17, 15) is 4.79 Å². The summed E-state index contributed by atoms with van der Waals surface area (Å²) in [7, 11) is 0. The van der Waals surface area contributed by atoms with Crippen molar-refractivity contribution in [1.82, 2.24) is 0 Å². The molecule has 0 bridgehead atoms. The first-order valence-corrected chi connectivity index (χ1v) is 5.34. The van der Waals surface area contributed by atoms with E-state index in [2.05, 4.69) is 0 Å². The summed E-state index contributed by atoms with van der Waals surface area (Å²) in [5.41, 5.74) is 3.51. The monoisotopic (exact) mass is 220 g/mol. The summed E-state index contributed by atoms with van der Waals surface area (Å²) in [6.45, 7) is 9.50. The van der Waals surface area contributed by atoms with Crippen LogP contribution in [0.25, 0.3) is 0 Å². The molecule has 0 fully saturated rings. The second kappa shape index (κ2) is 3.24. The molecule has 0 unspecified atom stereocenters. The minimum atomic E-state index is -0.647. The fraction of sp³-hybridized carbons (Fsp3) is 0.462. The molecule has 3 nitrogen and oxygen atoms in total. The number of ether oxygens (including phenoxy) is 2. The predicted octanol–water partition coefficient (Wildman–Crippen LogP) is 2.93. The Balaban J connectivity index is 2.73. The fourth-order valence-electron chi connectivity index (χ4n) is 2.05. The standard InChI is InChI=1S/C13H16O3/c1-7-8(2)11-12(9(3)10(7)6-14)16-13(4,5)15-11/h6H,1-5H3. The average Bonchev–Trinajstić information content (AvgIpc) is 2.52. The number of hydrogen-bond donors (Lipinski definition) is 0. The summed E-state index contributed by atoms with van der Waals surface area (Å²) in [4.78, 5) is 11.1. The Kier molecular flexibility index (Phi) is 2.22. The smallest absolute Gasteiger partial charge is 0.246 e. The molecule has 16 heavy (non-hydrogen) atoms. The molecule has 0 aliphatic carbocycles. The van der Waals surface area contributed by atoms with Crippen molar-refractivity contribution >= 4 is 6.29 Å². The van der Waals surface area contributed by atoms with Crippen LogP contribution >= 0.6 is 0 Å². The molecule has 1 aliphatic heterocycles. The molecular formula is C13H16O3. The van der Waals surface area contributed by atoms with Gasteiger partial charge in [-0.3, -0.25) is 4.79 Å². The first kappa shape index (κ1) is 11.0. The first-order valence-electron chi connectivity index (χ1n) is 5.34. The van der Waals surface area contributed by atoms with E-state index in [4.69, 9.17) is 9.47 Å². The molecule has 2 rings (SSSR count). The van der Waals surface area contributed by atoms with E-state index >= 15 is 0 Å². The Morgan fingerprint density at radius 3 is 1.94 bits per heavy atom. The third-order valence-corrected chi connectivity index (χ3v) is 3.07. The number of fused-ring (bicyclic) bond motifs is 1. The van der Waals surface area contributed by atoms with Crippen LogP contribution in [0.15, 0.2) is 0 Å². The van der Waals surface area contributed by atoms with Crippen LogP contribution in [-0.4, -0.2) is 12.1 Å².